The minimum absolute atomic E-state index is 0.505. The van der Waals surface area contributed by atoms with Crippen molar-refractivity contribution in [2.75, 3.05) is 0 Å². The Balaban J connectivity index is 1.16. The molecule has 252 valence electrons. The van der Waals surface area contributed by atoms with Gasteiger partial charge in [0.25, 0.3) is 0 Å². The molecule has 0 fully saturated rings. The van der Waals surface area contributed by atoms with Crippen LogP contribution in [0.4, 0.5) is 0 Å². The number of para-hydroxylation sites is 1. The summed E-state index contributed by atoms with van der Waals surface area (Å²) >= 11 is 0. The number of hydrogen-bond donors (Lipinski definition) is 0. The average molecular weight is 692 g/mol. The molecule has 11 aromatic rings. The van der Waals surface area contributed by atoms with Crippen molar-refractivity contribution in [3.05, 3.63) is 176 Å². The molecule has 0 atom stereocenters. The molecule has 0 aliphatic heterocycles. The maximum atomic E-state index is 6.76. The number of benzene rings is 8. The number of furan rings is 2. The Bertz CT molecular complexity index is 3080. The SMILES string of the molecule is c1ccc(-c2ccc(-c3nc(-c4ccc(-c5ccccc5)cc4)nc(-c4cc5oc6ccc7ccccc7c6c5c5c4oc4ccccc45)n3)cc2)cc1. The molecule has 54 heavy (non-hydrogen) atoms. The minimum Gasteiger partial charge on any atom is -0.456 e. The summed E-state index contributed by atoms with van der Waals surface area (Å²) in [6.07, 6.45) is 0. The molecule has 0 saturated carbocycles. The summed E-state index contributed by atoms with van der Waals surface area (Å²) in [4.78, 5) is 15.4. The van der Waals surface area contributed by atoms with E-state index in [1.807, 2.05) is 36.4 Å². The third-order valence-corrected chi connectivity index (χ3v) is 10.3. The summed E-state index contributed by atoms with van der Waals surface area (Å²) < 4.78 is 13.4. The first-order valence-corrected chi connectivity index (χ1v) is 18.0. The number of rotatable bonds is 5. The van der Waals surface area contributed by atoms with Gasteiger partial charge in [0.1, 0.15) is 22.3 Å². The highest BCUT2D eigenvalue weighted by atomic mass is 16.3. The number of fused-ring (bicyclic) bond motifs is 9. The van der Waals surface area contributed by atoms with Gasteiger partial charge in [-0.25, -0.2) is 15.0 Å². The molecular weight excluding hydrogens is 663 g/mol. The van der Waals surface area contributed by atoms with Gasteiger partial charge in [-0.15, -0.1) is 0 Å². The van der Waals surface area contributed by atoms with Gasteiger partial charge in [-0.3, -0.25) is 0 Å². The quantitative estimate of drug-likeness (QED) is 0.180. The smallest absolute Gasteiger partial charge is 0.168 e. The van der Waals surface area contributed by atoms with E-state index >= 15 is 0 Å². The van der Waals surface area contributed by atoms with Crippen LogP contribution in [0.5, 0.6) is 0 Å². The van der Waals surface area contributed by atoms with Crippen LogP contribution in [-0.4, -0.2) is 15.0 Å². The third kappa shape index (κ3) is 4.90. The van der Waals surface area contributed by atoms with Crippen LogP contribution in [0.2, 0.25) is 0 Å². The summed E-state index contributed by atoms with van der Waals surface area (Å²) in [5.74, 6) is 1.65. The van der Waals surface area contributed by atoms with Crippen molar-refractivity contribution >= 4 is 54.6 Å². The monoisotopic (exact) mass is 691 g/mol. The Morgan fingerprint density at radius 3 is 1.48 bits per heavy atom. The lowest BCUT2D eigenvalue weighted by atomic mass is 9.98. The first-order valence-electron chi connectivity index (χ1n) is 18.0. The zero-order valence-corrected chi connectivity index (χ0v) is 28.9. The molecule has 8 aromatic carbocycles. The van der Waals surface area contributed by atoms with Gasteiger partial charge in [-0.05, 0) is 51.2 Å². The predicted octanol–water partition coefficient (Wildman–Crippen LogP) is 13.2. The zero-order chi connectivity index (χ0) is 35.6. The van der Waals surface area contributed by atoms with E-state index in [9.17, 15) is 0 Å². The van der Waals surface area contributed by atoms with E-state index < -0.39 is 0 Å². The van der Waals surface area contributed by atoms with Crippen LogP contribution < -0.4 is 0 Å². The molecular formula is C49H29N3O2. The van der Waals surface area contributed by atoms with Gasteiger partial charge in [0.15, 0.2) is 17.5 Å². The van der Waals surface area contributed by atoms with E-state index in [1.165, 1.54) is 0 Å². The van der Waals surface area contributed by atoms with Gasteiger partial charge >= 0.3 is 0 Å². The van der Waals surface area contributed by atoms with Crippen molar-refractivity contribution in [2.24, 2.45) is 0 Å². The summed E-state index contributed by atoms with van der Waals surface area (Å²) in [6, 6.07) is 60.3. The number of aromatic nitrogens is 3. The number of nitrogens with zero attached hydrogens (tertiary/aromatic N) is 3. The largest absolute Gasteiger partial charge is 0.456 e. The van der Waals surface area contributed by atoms with Crippen LogP contribution in [-0.2, 0) is 0 Å². The van der Waals surface area contributed by atoms with Crippen molar-refractivity contribution in [1.82, 2.24) is 15.0 Å². The summed E-state index contributed by atoms with van der Waals surface area (Å²) in [7, 11) is 0. The van der Waals surface area contributed by atoms with Crippen LogP contribution in [0.3, 0.4) is 0 Å². The lowest BCUT2D eigenvalue weighted by Gasteiger charge is -2.10. The fourth-order valence-electron chi connectivity index (χ4n) is 7.72. The lowest BCUT2D eigenvalue weighted by molar-refractivity contribution is 0.663. The van der Waals surface area contributed by atoms with Crippen molar-refractivity contribution in [3.63, 3.8) is 0 Å². The maximum absolute atomic E-state index is 6.76. The van der Waals surface area contributed by atoms with E-state index in [0.29, 0.717) is 23.1 Å². The van der Waals surface area contributed by atoms with Crippen LogP contribution in [0.15, 0.2) is 185 Å². The van der Waals surface area contributed by atoms with Crippen molar-refractivity contribution < 1.29 is 8.83 Å². The fourth-order valence-corrected chi connectivity index (χ4v) is 7.72. The van der Waals surface area contributed by atoms with E-state index in [2.05, 4.69) is 140 Å². The van der Waals surface area contributed by atoms with E-state index in [0.717, 1.165) is 88.0 Å². The molecule has 5 nitrogen and oxygen atoms in total. The highest BCUT2D eigenvalue weighted by Crippen LogP contribution is 2.46. The Hall–Kier alpha value is -7.37. The maximum Gasteiger partial charge on any atom is 0.168 e. The van der Waals surface area contributed by atoms with E-state index in [4.69, 9.17) is 23.8 Å². The Labute approximate surface area is 309 Å². The molecule has 0 unspecified atom stereocenters. The van der Waals surface area contributed by atoms with Crippen LogP contribution in [0, 0.1) is 0 Å². The fraction of sp³-hybridized carbons (Fsp3) is 0. The molecule has 0 spiro atoms. The highest BCUT2D eigenvalue weighted by Gasteiger charge is 2.24. The lowest BCUT2D eigenvalue weighted by Crippen LogP contribution is -2.00. The Morgan fingerprint density at radius 1 is 0.315 bits per heavy atom. The molecule has 0 N–H and O–H groups in total. The van der Waals surface area contributed by atoms with Gasteiger partial charge in [0.2, 0.25) is 0 Å². The highest BCUT2D eigenvalue weighted by molar-refractivity contribution is 6.32. The van der Waals surface area contributed by atoms with Crippen LogP contribution >= 0.6 is 0 Å². The van der Waals surface area contributed by atoms with Gasteiger partial charge < -0.3 is 8.83 Å². The molecule has 3 heterocycles. The molecule has 0 aliphatic carbocycles. The van der Waals surface area contributed by atoms with Gasteiger partial charge in [0, 0.05) is 32.7 Å². The number of hydrogen-bond acceptors (Lipinski definition) is 5. The van der Waals surface area contributed by atoms with E-state index in [1.54, 1.807) is 0 Å². The first-order chi connectivity index (χ1) is 26.7. The standard InChI is InChI=1S/C49H29N3O2/c1-3-11-30(12-4-1)32-19-23-35(24-20-32)47-50-48(36-25-21-33(22-26-36)31-13-5-2-6-14-31)52-49(51-47)39-29-42-45(44-38-17-9-10-18-40(38)54-46(39)44)43-37-16-8-7-15-34(37)27-28-41(43)53-42/h1-29H. The normalized spacial score (nSPS) is 11.7. The van der Waals surface area contributed by atoms with Crippen molar-refractivity contribution in [1.29, 1.82) is 0 Å². The average Bonchev–Trinajstić information content (AvgIpc) is 3.83. The second-order valence-corrected chi connectivity index (χ2v) is 13.6. The topological polar surface area (TPSA) is 65.0 Å². The van der Waals surface area contributed by atoms with Crippen LogP contribution in [0.1, 0.15) is 0 Å². The van der Waals surface area contributed by atoms with Crippen molar-refractivity contribution in [2.45, 2.75) is 0 Å². The Morgan fingerprint density at radius 2 is 0.833 bits per heavy atom. The molecule has 5 heteroatoms. The molecule has 0 amide bonds. The van der Waals surface area contributed by atoms with Crippen LogP contribution in [0.25, 0.3) is 111 Å². The molecule has 0 radical (unpaired) electrons. The predicted molar refractivity (Wildman–Crippen MR) is 219 cm³/mol. The Kier molecular flexibility index (Phi) is 6.79. The second kappa shape index (κ2) is 12.1. The third-order valence-electron chi connectivity index (χ3n) is 10.3. The van der Waals surface area contributed by atoms with Gasteiger partial charge in [-0.1, -0.05) is 158 Å². The van der Waals surface area contributed by atoms with Gasteiger partial charge in [0.05, 0.1) is 5.56 Å². The molecule has 3 aromatic heterocycles. The molecule has 0 aliphatic rings. The van der Waals surface area contributed by atoms with Crippen molar-refractivity contribution in [3.8, 4) is 56.4 Å². The molecule has 11 rings (SSSR count). The summed E-state index contributed by atoms with van der Waals surface area (Å²) in [5, 5.41) is 6.37. The first kappa shape index (κ1) is 30.3. The summed E-state index contributed by atoms with van der Waals surface area (Å²) in [6.45, 7) is 0. The second-order valence-electron chi connectivity index (χ2n) is 13.6. The molecule has 0 bridgehead atoms. The molecule has 0 saturated heterocycles. The zero-order valence-electron chi connectivity index (χ0n) is 28.9. The minimum atomic E-state index is 0.505. The summed E-state index contributed by atoms with van der Waals surface area (Å²) in [5.41, 5.74) is 10.1. The van der Waals surface area contributed by atoms with E-state index in [-0.39, 0.29) is 0 Å². The van der Waals surface area contributed by atoms with Gasteiger partial charge in [-0.2, -0.15) is 0 Å².